The maximum Gasteiger partial charge on any atom is 0.257 e. The first kappa shape index (κ1) is 20.3. The molecule has 3 rings (SSSR count). The molecule has 1 fully saturated rings. The minimum absolute atomic E-state index is 0.00832. The van der Waals surface area contributed by atoms with Crippen LogP contribution in [-0.2, 0) is 12.0 Å². The summed E-state index contributed by atoms with van der Waals surface area (Å²) in [6.45, 7) is 11.5. The number of amides is 1. The van der Waals surface area contributed by atoms with Crippen LogP contribution in [0.3, 0.4) is 0 Å². The Hall–Kier alpha value is -2.47. The molecule has 2 aromatic rings. The second kappa shape index (κ2) is 8.27. The van der Waals surface area contributed by atoms with Gasteiger partial charge in [-0.2, -0.15) is 0 Å². The predicted molar refractivity (Wildman–Crippen MR) is 110 cm³/mol. The van der Waals surface area contributed by atoms with Crippen LogP contribution in [-0.4, -0.2) is 58.5 Å². The molecule has 0 saturated carbocycles. The zero-order valence-corrected chi connectivity index (χ0v) is 17.5. The quantitative estimate of drug-likeness (QED) is 0.813. The number of methoxy groups -OCH3 is 1. The molecule has 28 heavy (non-hydrogen) atoms. The van der Waals surface area contributed by atoms with Gasteiger partial charge in [0.25, 0.3) is 5.91 Å². The zero-order chi connectivity index (χ0) is 20.3. The van der Waals surface area contributed by atoms with E-state index in [1.165, 1.54) is 5.56 Å². The van der Waals surface area contributed by atoms with Crippen LogP contribution in [0.4, 0.5) is 0 Å². The van der Waals surface area contributed by atoms with E-state index in [1.54, 1.807) is 19.5 Å². The van der Waals surface area contributed by atoms with Crippen LogP contribution in [0.15, 0.2) is 36.7 Å². The van der Waals surface area contributed by atoms with E-state index in [2.05, 4.69) is 54.7 Å². The zero-order valence-electron chi connectivity index (χ0n) is 17.5. The lowest BCUT2D eigenvalue weighted by molar-refractivity contribution is 0.0474. The third-order valence-corrected chi connectivity index (χ3v) is 5.08. The molecular formula is C22H30N4O2. The van der Waals surface area contributed by atoms with Crippen molar-refractivity contribution in [3.8, 4) is 5.75 Å². The molecule has 6 heteroatoms. The van der Waals surface area contributed by atoms with Crippen LogP contribution >= 0.6 is 0 Å². The second-order valence-electron chi connectivity index (χ2n) is 8.48. The van der Waals surface area contributed by atoms with E-state index in [9.17, 15) is 4.79 Å². The number of hydrogen-bond donors (Lipinski definition) is 0. The smallest absolute Gasteiger partial charge is 0.257 e. The monoisotopic (exact) mass is 382 g/mol. The fourth-order valence-electron chi connectivity index (χ4n) is 3.50. The fourth-order valence-corrected chi connectivity index (χ4v) is 3.50. The van der Waals surface area contributed by atoms with Crippen LogP contribution in [0.5, 0.6) is 5.75 Å². The molecule has 1 saturated heterocycles. The summed E-state index contributed by atoms with van der Waals surface area (Å²) in [5.41, 5.74) is 1.65. The molecule has 0 aliphatic carbocycles. The Balaban J connectivity index is 1.62. The van der Waals surface area contributed by atoms with Gasteiger partial charge in [0.1, 0.15) is 11.6 Å². The van der Waals surface area contributed by atoms with Gasteiger partial charge in [0.05, 0.1) is 12.7 Å². The normalized spacial score (nSPS) is 18.2. The van der Waals surface area contributed by atoms with Crippen molar-refractivity contribution in [2.75, 3.05) is 26.7 Å². The molecule has 1 aliphatic heterocycles. The molecular weight excluding hydrogens is 352 g/mol. The van der Waals surface area contributed by atoms with Crippen LogP contribution in [0.1, 0.15) is 49.4 Å². The molecule has 1 amide bonds. The van der Waals surface area contributed by atoms with Crippen LogP contribution in [0, 0.1) is 0 Å². The summed E-state index contributed by atoms with van der Waals surface area (Å²) in [6.07, 6.45) is 3.32. The number of nitrogens with zero attached hydrogens (tertiary/aromatic N) is 4. The van der Waals surface area contributed by atoms with Gasteiger partial charge in [-0.25, -0.2) is 9.97 Å². The molecule has 1 aliphatic rings. The number of aromatic nitrogens is 2. The summed E-state index contributed by atoms with van der Waals surface area (Å²) < 4.78 is 5.31. The van der Waals surface area contributed by atoms with Crippen molar-refractivity contribution in [3.05, 3.63) is 53.6 Å². The number of carbonyl (C=O) groups excluding carboxylic acids is 1. The Kier molecular flexibility index (Phi) is 5.98. The summed E-state index contributed by atoms with van der Waals surface area (Å²) in [5.74, 6) is 1.63. The van der Waals surface area contributed by atoms with Gasteiger partial charge in [0, 0.05) is 50.0 Å². The standard InChI is InChI=1S/C22H30N4O2/c1-16-14-25(15-17-7-6-8-19(11-17)28-5)9-10-26(16)20(27)18-12-23-21(24-13-18)22(2,3)4/h6-8,11-13,16H,9-10,14-15H2,1-5H3. The van der Waals surface area contributed by atoms with E-state index < -0.39 is 0 Å². The summed E-state index contributed by atoms with van der Waals surface area (Å²) in [5, 5.41) is 0. The Bertz CT molecular complexity index is 814. The molecule has 1 aromatic heterocycles. The highest BCUT2D eigenvalue weighted by atomic mass is 16.5. The number of carbonyl (C=O) groups is 1. The Morgan fingerprint density at radius 1 is 1.21 bits per heavy atom. The van der Waals surface area contributed by atoms with Crippen molar-refractivity contribution >= 4 is 5.91 Å². The number of hydrogen-bond acceptors (Lipinski definition) is 5. The minimum Gasteiger partial charge on any atom is -0.497 e. The van der Waals surface area contributed by atoms with Crippen molar-refractivity contribution in [1.29, 1.82) is 0 Å². The summed E-state index contributed by atoms with van der Waals surface area (Å²) >= 11 is 0. The predicted octanol–water partition coefficient (Wildman–Crippen LogP) is 3.13. The van der Waals surface area contributed by atoms with E-state index >= 15 is 0 Å². The number of benzene rings is 1. The van der Waals surface area contributed by atoms with Gasteiger partial charge in [-0.3, -0.25) is 9.69 Å². The van der Waals surface area contributed by atoms with Crippen molar-refractivity contribution in [2.45, 2.75) is 45.7 Å². The van der Waals surface area contributed by atoms with Crippen molar-refractivity contribution in [3.63, 3.8) is 0 Å². The van der Waals surface area contributed by atoms with Crippen molar-refractivity contribution in [1.82, 2.24) is 19.8 Å². The highest BCUT2D eigenvalue weighted by molar-refractivity contribution is 5.93. The molecule has 150 valence electrons. The molecule has 1 aromatic carbocycles. The molecule has 6 nitrogen and oxygen atoms in total. The number of rotatable bonds is 4. The Morgan fingerprint density at radius 3 is 2.54 bits per heavy atom. The van der Waals surface area contributed by atoms with Gasteiger partial charge in [0.15, 0.2) is 0 Å². The van der Waals surface area contributed by atoms with Gasteiger partial charge >= 0.3 is 0 Å². The van der Waals surface area contributed by atoms with E-state index in [0.29, 0.717) is 12.1 Å². The maximum atomic E-state index is 12.9. The topological polar surface area (TPSA) is 58.6 Å². The van der Waals surface area contributed by atoms with Gasteiger partial charge in [-0.1, -0.05) is 32.9 Å². The first-order valence-electron chi connectivity index (χ1n) is 9.76. The Morgan fingerprint density at radius 2 is 1.93 bits per heavy atom. The lowest BCUT2D eigenvalue weighted by atomic mass is 9.96. The third kappa shape index (κ3) is 4.68. The molecule has 0 spiro atoms. The van der Waals surface area contributed by atoms with Crippen LogP contribution < -0.4 is 4.74 Å². The van der Waals surface area contributed by atoms with Gasteiger partial charge < -0.3 is 9.64 Å². The summed E-state index contributed by atoms with van der Waals surface area (Å²) in [7, 11) is 1.68. The average Bonchev–Trinajstić information content (AvgIpc) is 2.67. The molecule has 1 unspecified atom stereocenters. The molecule has 2 heterocycles. The molecule has 0 N–H and O–H groups in total. The van der Waals surface area contributed by atoms with E-state index in [4.69, 9.17) is 4.74 Å². The lowest BCUT2D eigenvalue weighted by Gasteiger charge is -2.40. The third-order valence-electron chi connectivity index (χ3n) is 5.08. The van der Waals surface area contributed by atoms with Crippen molar-refractivity contribution in [2.24, 2.45) is 0 Å². The largest absolute Gasteiger partial charge is 0.497 e. The summed E-state index contributed by atoms with van der Waals surface area (Å²) in [4.78, 5) is 26.0. The van der Waals surface area contributed by atoms with E-state index in [0.717, 1.165) is 31.2 Å². The number of ether oxygens (including phenoxy) is 1. The maximum absolute atomic E-state index is 12.9. The molecule has 1 atom stereocenters. The second-order valence-corrected chi connectivity index (χ2v) is 8.48. The SMILES string of the molecule is COc1cccc(CN2CCN(C(=O)c3cnc(C(C)(C)C)nc3)C(C)C2)c1. The minimum atomic E-state index is -0.124. The molecule has 0 bridgehead atoms. The average molecular weight is 383 g/mol. The Labute approximate surface area is 167 Å². The first-order valence-corrected chi connectivity index (χ1v) is 9.76. The van der Waals surface area contributed by atoms with E-state index in [-0.39, 0.29) is 17.4 Å². The fraction of sp³-hybridized carbons (Fsp3) is 0.500. The van der Waals surface area contributed by atoms with Crippen LogP contribution in [0.25, 0.3) is 0 Å². The first-order chi connectivity index (χ1) is 13.3. The summed E-state index contributed by atoms with van der Waals surface area (Å²) in [6, 6.07) is 8.28. The highest BCUT2D eigenvalue weighted by Crippen LogP contribution is 2.20. The number of piperazine rings is 1. The van der Waals surface area contributed by atoms with Crippen LogP contribution in [0.2, 0.25) is 0 Å². The van der Waals surface area contributed by atoms with E-state index in [1.807, 2.05) is 17.0 Å². The lowest BCUT2D eigenvalue weighted by Crippen LogP contribution is -2.53. The van der Waals surface area contributed by atoms with Crippen molar-refractivity contribution < 1.29 is 9.53 Å². The molecule has 0 radical (unpaired) electrons. The van der Waals surface area contributed by atoms with Gasteiger partial charge in [0.2, 0.25) is 0 Å². The van der Waals surface area contributed by atoms with Gasteiger partial charge in [-0.05, 0) is 24.6 Å². The van der Waals surface area contributed by atoms with Gasteiger partial charge in [-0.15, -0.1) is 0 Å². The highest BCUT2D eigenvalue weighted by Gasteiger charge is 2.29.